The quantitative estimate of drug-likeness (QED) is 0.388. The van der Waals surface area contributed by atoms with E-state index in [1.54, 1.807) is 28.3 Å². The number of hydrogen-bond donors (Lipinski definition) is 1. The van der Waals surface area contributed by atoms with Crippen LogP contribution in [0, 0.1) is 18.3 Å². The number of aromatic nitrogens is 3. The lowest BCUT2D eigenvalue weighted by Gasteiger charge is -2.38. The van der Waals surface area contributed by atoms with Crippen LogP contribution in [-0.4, -0.2) is 75.6 Å². The number of ether oxygens (including phenoxy) is 1. The van der Waals surface area contributed by atoms with E-state index in [9.17, 15) is 14.9 Å². The zero-order valence-corrected chi connectivity index (χ0v) is 22.1. The SMILES string of the molecule is Cc1ncnc2ccc(-c3sc(NC(=O)N4CCC5(CN(C=O)CCO5)C4)nc3-c3cccc(C#N)c3)cc12. The predicted octanol–water partition coefficient (Wildman–Crippen LogP) is 4.07. The van der Waals surface area contributed by atoms with E-state index >= 15 is 0 Å². The van der Waals surface area contributed by atoms with Crippen molar-refractivity contribution in [1.29, 1.82) is 5.26 Å². The third-order valence-electron chi connectivity index (χ3n) is 7.23. The molecule has 3 amide bonds. The van der Waals surface area contributed by atoms with Crippen molar-refractivity contribution in [3.05, 3.63) is 60.0 Å². The molecule has 39 heavy (non-hydrogen) atoms. The smallest absolute Gasteiger partial charge is 0.323 e. The summed E-state index contributed by atoms with van der Waals surface area (Å²) in [5, 5.41) is 13.8. The molecule has 11 heteroatoms. The number of carbonyl (C=O) groups excluding carboxylic acids is 2. The molecular weight excluding hydrogens is 514 g/mol. The molecule has 2 aliphatic heterocycles. The average Bonchev–Trinajstić information content (AvgIpc) is 3.57. The molecule has 0 saturated carbocycles. The van der Waals surface area contributed by atoms with Gasteiger partial charge in [0.25, 0.3) is 0 Å². The van der Waals surface area contributed by atoms with Gasteiger partial charge in [-0.25, -0.2) is 19.7 Å². The number of nitrogens with zero attached hydrogens (tertiary/aromatic N) is 6. The monoisotopic (exact) mass is 539 g/mol. The Bertz CT molecular complexity index is 1630. The Morgan fingerprint density at radius 1 is 1.18 bits per heavy atom. The summed E-state index contributed by atoms with van der Waals surface area (Å²) in [6, 6.07) is 15.2. The summed E-state index contributed by atoms with van der Waals surface area (Å²) in [6.45, 7) is 4.38. The minimum atomic E-state index is -0.529. The van der Waals surface area contributed by atoms with Crippen molar-refractivity contribution < 1.29 is 14.3 Å². The fraction of sp³-hybridized carbons (Fsp3) is 0.286. The van der Waals surface area contributed by atoms with Crippen molar-refractivity contribution in [1.82, 2.24) is 24.8 Å². The lowest BCUT2D eigenvalue weighted by Crippen LogP contribution is -2.53. The van der Waals surface area contributed by atoms with E-state index in [4.69, 9.17) is 9.72 Å². The lowest BCUT2D eigenvalue weighted by atomic mass is 10.0. The second-order valence-corrected chi connectivity index (χ2v) is 10.8. The molecule has 2 fully saturated rings. The number of anilines is 1. The molecule has 2 aromatic heterocycles. The molecule has 1 N–H and O–H groups in total. The Kier molecular flexibility index (Phi) is 6.42. The molecule has 2 saturated heterocycles. The third-order valence-corrected chi connectivity index (χ3v) is 8.25. The van der Waals surface area contributed by atoms with E-state index in [0.717, 1.165) is 39.0 Å². The second-order valence-electron chi connectivity index (χ2n) is 9.79. The van der Waals surface area contributed by atoms with Crippen LogP contribution in [0.15, 0.2) is 48.8 Å². The van der Waals surface area contributed by atoms with E-state index in [0.29, 0.717) is 55.6 Å². The summed E-state index contributed by atoms with van der Waals surface area (Å²) >= 11 is 1.37. The maximum atomic E-state index is 13.3. The number of thiazole rings is 1. The second kappa shape index (κ2) is 10.1. The minimum Gasteiger partial charge on any atom is -0.369 e. The normalized spacial score (nSPS) is 18.9. The number of rotatable bonds is 4. The van der Waals surface area contributed by atoms with Crippen molar-refractivity contribution in [2.45, 2.75) is 18.9 Å². The molecule has 2 aliphatic rings. The minimum absolute atomic E-state index is 0.265. The number of nitrogens with one attached hydrogen (secondary N) is 1. The molecule has 4 aromatic rings. The molecule has 1 atom stereocenters. The fourth-order valence-electron chi connectivity index (χ4n) is 5.23. The van der Waals surface area contributed by atoms with Crippen LogP contribution in [0.1, 0.15) is 17.7 Å². The van der Waals surface area contributed by atoms with E-state index < -0.39 is 5.60 Å². The average molecular weight is 540 g/mol. The lowest BCUT2D eigenvalue weighted by molar-refractivity contribution is -0.136. The molecule has 10 nitrogen and oxygen atoms in total. The number of amides is 3. The summed E-state index contributed by atoms with van der Waals surface area (Å²) < 4.78 is 6.02. The topological polar surface area (TPSA) is 124 Å². The van der Waals surface area contributed by atoms with Crippen molar-refractivity contribution in [3.8, 4) is 27.8 Å². The maximum absolute atomic E-state index is 13.3. The van der Waals surface area contributed by atoms with Crippen LogP contribution >= 0.6 is 11.3 Å². The molecule has 6 rings (SSSR count). The van der Waals surface area contributed by atoms with Gasteiger partial charge in [-0.2, -0.15) is 5.26 Å². The van der Waals surface area contributed by atoms with Gasteiger partial charge in [-0.1, -0.05) is 29.5 Å². The Labute approximate surface area is 228 Å². The summed E-state index contributed by atoms with van der Waals surface area (Å²) in [6.07, 6.45) is 3.06. The Morgan fingerprint density at radius 2 is 2.08 bits per heavy atom. The van der Waals surface area contributed by atoms with Gasteiger partial charge < -0.3 is 14.5 Å². The highest BCUT2D eigenvalue weighted by Gasteiger charge is 2.44. The number of benzene rings is 2. The zero-order chi connectivity index (χ0) is 27.0. The van der Waals surface area contributed by atoms with Gasteiger partial charge in [0.1, 0.15) is 11.9 Å². The number of carbonyl (C=O) groups is 2. The van der Waals surface area contributed by atoms with Gasteiger partial charge in [0, 0.05) is 29.7 Å². The number of likely N-dealkylation sites (tertiary alicyclic amines) is 1. The molecule has 0 bridgehead atoms. The van der Waals surface area contributed by atoms with Gasteiger partial charge in [-0.3, -0.25) is 10.1 Å². The van der Waals surface area contributed by atoms with Crippen molar-refractivity contribution in [3.63, 3.8) is 0 Å². The maximum Gasteiger partial charge on any atom is 0.323 e. The molecule has 1 spiro atoms. The van der Waals surface area contributed by atoms with E-state index in [-0.39, 0.29) is 6.03 Å². The van der Waals surface area contributed by atoms with Crippen molar-refractivity contribution in [2.75, 3.05) is 38.1 Å². The highest BCUT2D eigenvalue weighted by molar-refractivity contribution is 7.19. The van der Waals surface area contributed by atoms with Crippen LogP contribution in [0.4, 0.5) is 9.93 Å². The standard InChI is InChI=1S/C28H25N7O3S/c1-18-22-12-21(5-6-23(22)31-16-30-18)25-24(20-4-2-3-19(11-20)13-29)32-26(39-25)33-27(37)35-8-7-28(15-35)14-34(17-36)9-10-38-28/h2-6,11-12,16-17H,7-10,14-15H2,1H3,(H,32,33,37). The number of urea groups is 1. The summed E-state index contributed by atoms with van der Waals surface area (Å²) in [5.74, 6) is 0. The number of aryl methyl sites for hydroxylation is 1. The molecular formula is C28H25N7O3S. The molecule has 0 aliphatic carbocycles. The number of morpholine rings is 1. The first-order valence-corrected chi connectivity index (χ1v) is 13.4. The largest absolute Gasteiger partial charge is 0.369 e. The summed E-state index contributed by atoms with van der Waals surface area (Å²) in [7, 11) is 0. The third kappa shape index (κ3) is 4.80. The van der Waals surface area contributed by atoms with Gasteiger partial charge >= 0.3 is 6.03 Å². The first-order chi connectivity index (χ1) is 19.0. The predicted molar refractivity (Wildman–Crippen MR) is 147 cm³/mol. The fourth-order valence-corrected chi connectivity index (χ4v) is 6.20. The van der Waals surface area contributed by atoms with Gasteiger partial charge in [0.05, 0.1) is 47.4 Å². The Balaban J connectivity index is 1.32. The summed E-state index contributed by atoms with van der Waals surface area (Å²) in [5.41, 5.74) is 4.09. The van der Waals surface area contributed by atoms with E-state index in [1.165, 1.54) is 11.3 Å². The van der Waals surface area contributed by atoms with Crippen LogP contribution in [-0.2, 0) is 9.53 Å². The van der Waals surface area contributed by atoms with E-state index in [1.807, 2.05) is 37.3 Å². The van der Waals surface area contributed by atoms with Gasteiger partial charge in [-0.15, -0.1) is 0 Å². The molecule has 2 aromatic carbocycles. The highest BCUT2D eigenvalue weighted by atomic mass is 32.1. The number of nitriles is 1. The molecule has 4 heterocycles. The van der Waals surface area contributed by atoms with Gasteiger partial charge in [0.15, 0.2) is 5.13 Å². The van der Waals surface area contributed by atoms with Crippen molar-refractivity contribution >= 4 is 39.8 Å². The van der Waals surface area contributed by atoms with Crippen LogP contribution in [0.25, 0.3) is 32.6 Å². The van der Waals surface area contributed by atoms with Crippen molar-refractivity contribution in [2.24, 2.45) is 0 Å². The Morgan fingerprint density at radius 3 is 2.92 bits per heavy atom. The zero-order valence-electron chi connectivity index (χ0n) is 21.3. The van der Waals surface area contributed by atoms with E-state index in [2.05, 4.69) is 21.4 Å². The summed E-state index contributed by atoms with van der Waals surface area (Å²) in [4.78, 5) is 42.4. The number of hydrogen-bond acceptors (Lipinski definition) is 8. The Hall–Kier alpha value is -4.40. The highest BCUT2D eigenvalue weighted by Crippen LogP contribution is 2.40. The molecule has 0 radical (unpaired) electrons. The van der Waals surface area contributed by atoms with Gasteiger partial charge in [0.2, 0.25) is 6.41 Å². The van der Waals surface area contributed by atoms with Gasteiger partial charge in [-0.05, 0) is 43.2 Å². The van der Waals surface area contributed by atoms with Crippen LogP contribution < -0.4 is 5.32 Å². The molecule has 196 valence electrons. The van der Waals surface area contributed by atoms with Crippen LogP contribution in [0.5, 0.6) is 0 Å². The first kappa shape index (κ1) is 24.9. The first-order valence-electron chi connectivity index (χ1n) is 12.6. The number of fused-ring (bicyclic) bond motifs is 1. The van der Waals surface area contributed by atoms with Crippen LogP contribution in [0.2, 0.25) is 0 Å². The van der Waals surface area contributed by atoms with Crippen LogP contribution in [0.3, 0.4) is 0 Å². The molecule has 1 unspecified atom stereocenters.